The van der Waals surface area contributed by atoms with Crippen molar-refractivity contribution >= 4 is 33.6 Å². The molecule has 0 atom stereocenters. The highest BCUT2D eigenvalue weighted by molar-refractivity contribution is 9.10. The topological polar surface area (TPSA) is 71.3 Å². The van der Waals surface area contributed by atoms with E-state index in [1.165, 1.54) is 12.1 Å². The van der Waals surface area contributed by atoms with Gasteiger partial charge in [-0.15, -0.1) is 0 Å². The van der Waals surface area contributed by atoms with Gasteiger partial charge in [-0.25, -0.2) is 4.39 Å². The Balaban J connectivity index is 1.86. The number of hydrogen-bond donors (Lipinski definition) is 1. The van der Waals surface area contributed by atoms with E-state index in [0.29, 0.717) is 39.4 Å². The Bertz CT molecular complexity index is 1230. The average molecular weight is 509 g/mol. The molecule has 7 heteroatoms. The van der Waals surface area contributed by atoms with Crippen LogP contribution in [0, 0.1) is 24.1 Å². The molecule has 0 aromatic heterocycles. The fourth-order valence-corrected chi connectivity index (χ4v) is 3.65. The van der Waals surface area contributed by atoms with Crippen molar-refractivity contribution in [3.8, 4) is 17.6 Å². The number of amides is 1. The van der Waals surface area contributed by atoms with Gasteiger partial charge in [0, 0.05) is 11.3 Å². The number of carbonyl (C=O) groups is 1. The van der Waals surface area contributed by atoms with Crippen molar-refractivity contribution in [1.82, 2.24) is 0 Å². The summed E-state index contributed by atoms with van der Waals surface area (Å²) in [5.41, 5.74) is 2.52. The van der Waals surface area contributed by atoms with Gasteiger partial charge in [-0.1, -0.05) is 30.3 Å². The molecule has 0 heterocycles. The third-order valence-electron chi connectivity index (χ3n) is 4.61. The first-order valence-electron chi connectivity index (χ1n) is 10.2. The van der Waals surface area contributed by atoms with Crippen molar-refractivity contribution in [3.05, 3.63) is 93.2 Å². The highest BCUT2D eigenvalue weighted by Crippen LogP contribution is 2.38. The Morgan fingerprint density at radius 3 is 2.64 bits per heavy atom. The van der Waals surface area contributed by atoms with Crippen LogP contribution in [0.5, 0.6) is 11.5 Å². The van der Waals surface area contributed by atoms with E-state index in [1.807, 2.05) is 38.1 Å². The highest BCUT2D eigenvalue weighted by atomic mass is 79.9. The summed E-state index contributed by atoms with van der Waals surface area (Å²) in [7, 11) is 0. The van der Waals surface area contributed by atoms with Gasteiger partial charge in [-0.2, -0.15) is 5.26 Å². The lowest BCUT2D eigenvalue weighted by Crippen LogP contribution is -2.13. The van der Waals surface area contributed by atoms with Crippen molar-refractivity contribution in [1.29, 1.82) is 5.26 Å². The minimum Gasteiger partial charge on any atom is -0.490 e. The van der Waals surface area contributed by atoms with E-state index in [4.69, 9.17) is 9.47 Å². The third-order valence-corrected chi connectivity index (χ3v) is 5.20. The van der Waals surface area contributed by atoms with Gasteiger partial charge in [-0.3, -0.25) is 4.79 Å². The number of ether oxygens (including phenoxy) is 2. The second-order valence-corrected chi connectivity index (χ2v) is 7.99. The molecule has 0 radical (unpaired) electrons. The molecule has 3 aromatic carbocycles. The van der Waals surface area contributed by atoms with E-state index in [1.54, 1.807) is 36.4 Å². The number of anilines is 1. The molecule has 3 rings (SSSR count). The molecule has 0 aliphatic rings. The number of hydrogen-bond acceptors (Lipinski definition) is 4. The standard InChI is InChI=1S/C26H22BrFN2O3/c1-3-32-24-14-18(12-20(15-29)26(31)30-21-9-6-7-17(2)11-21)13-22(27)25(24)33-16-19-8-4-5-10-23(19)28/h4-14H,3,16H2,1-2H3,(H,30,31)/b20-12+. The van der Waals surface area contributed by atoms with Gasteiger partial charge in [0.15, 0.2) is 11.5 Å². The molecule has 3 aromatic rings. The Morgan fingerprint density at radius 1 is 1.15 bits per heavy atom. The number of carbonyl (C=O) groups excluding carboxylic acids is 1. The molecule has 0 aliphatic heterocycles. The molecular formula is C26H22BrFN2O3. The Hall–Kier alpha value is -3.63. The van der Waals surface area contributed by atoms with Crippen LogP contribution in [0.15, 0.2) is 70.7 Å². The fraction of sp³-hybridized carbons (Fsp3) is 0.154. The van der Waals surface area contributed by atoms with Crippen LogP contribution in [0.2, 0.25) is 0 Å². The molecule has 0 bridgehead atoms. The number of nitrogens with one attached hydrogen (secondary N) is 1. The second kappa shape index (κ2) is 11.3. The molecule has 0 spiro atoms. The lowest BCUT2D eigenvalue weighted by molar-refractivity contribution is -0.112. The SMILES string of the molecule is CCOc1cc(/C=C(\C#N)C(=O)Nc2cccc(C)c2)cc(Br)c1OCc1ccccc1F. The van der Waals surface area contributed by atoms with Crippen LogP contribution in [-0.2, 0) is 11.4 Å². The van der Waals surface area contributed by atoms with Crippen molar-refractivity contribution in [2.24, 2.45) is 0 Å². The second-order valence-electron chi connectivity index (χ2n) is 7.14. The van der Waals surface area contributed by atoms with Crippen LogP contribution in [-0.4, -0.2) is 12.5 Å². The van der Waals surface area contributed by atoms with Gasteiger partial charge in [0.2, 0.25) is 0 Å². The number of rotatable bonds is 8. The summed E-state index contributed by atoms with van der Waals surface area (Å²) in [6.45, 7) is 4.13. The number of aryl methyl sites for hydroxylation is 1. The minimum absolute atomic E-state index is 0.0167. The predicted molar refractivity (Wildman–Crippen MR) is 129 cm³/mol. The Morgan fingerprint density at radius 2 is 1.94 bits per heavy atom. The molecule has 0 aliphatic carbocycles. The molecule has 168 valence electrons. The van der Waals surface area contributed by atoms with E-state index < -0.39 is 5.91 Å². The molecule has 0 unspecified atom stereocenters. The fourth-order valence-electron chi connectivity index (χ4n) is 3.08. The summed E-state index contributed by atoms with van der Waals surface area (Å²) in [6.07, 6.45) is 1.47. The summed E-state index contributed by atoms with van der Waals surface area (Å²) < 4.78 is 26.0. The summed E-state index contributed by atoms with van der Waals surface area (Å²) in [5.74, 6) is -0.0627. The van der Waals surface area contributed by atoms with Crippen molar-refractivity contribution in [2.45, 2.75) is 20.5 Å². The monoisotopic (exact) mass is 508 g/mol. The van der Waals surface area contributed by atoms with Crippen molar-refractivity contribution in [3.63, 3.8) is 0 Å². The maximum absolute atomic E-state index is 13.9. The van der Waals surface area contributed by atoms with Crippen LogP contribution < -0.4 is 14.8 Å². The lowest BCUT2D eigenvalue weighted by atomic mass is 10.1. The van der Waals surface area contributed by atoms with Crippen LogP contribution in [0.1, 0.15) is 23.6 Å². The van der Waals surface area contributed by atoms with Crippen molar-refractivity contribution in [2.75, 3.05) is 11.9 Å². The first-order valence-corrected chi connectivity index (χ1v) is 11.0. The molecule has 0 saturated heterocycles. The first kappa shape index (κ1) is 24.0. The zero-order chi connectivity index (χ0) is 23.8. The van der Waals surface area contributed by atoms with Gasteiger partial charge in [-0.05, 0) is 77.3 Å². The van der Waals surface area contributed by atoms with Gasteiger partial charge >= 0.3 is 0 Å². The van der Waals surface area contributed by atoms with E-state index in [9.17, 15) is 14.4 Å². The maximum Gasteiger partial charge on any atom is 0.266 e. The quantitative estimate of drug-likeness (QED) is 0.281. The largest absolute Gasteiger partial charge is 0.490 e. The number of halogens is 2. The molecule has 33 heavy (non-hydrogen) atoms. The van der Waals surface area contributed by atoms with Crippen LogP contribution >= 0.6 is 15.9 Å². The summed E-state index contributed by atoms with van der Waals surface area (Å²) in [5, 5.41) is 12.3. The predicted octanol–water partition coefficient (Wildman–Crippen LogP) is 6.42. The van der Waals surface area contributed by atoms with Gasteiger partial charge < -0.3 is 14.8 Å². The van der Waals surface area contributed by atoms with E-state index in [0.717, 1.165) is 5.56 Å². The number of nitrogens with zero attached hydrogens (tertiary/aromatic N) is 1. The number of nitriles is 1. The van der Waals surface area contributed by atoms with Crippen LogP contribution in [0.25, 0.3) is 6.08 Å². The highest BCUT2D eigenvalue weighted by Gasteiger charge is 2.15. The Kier molecular flexibility index (Phi) is 8.22. The smallest absolute Gasteiger partial charge is 0.266 e. The summed E-state index contributed by atoms with van der Waals surface area (Å²) in [4.78, 5) is 12.6. The molecule has 1 N–H and O–H groups in total. The van der Waals surface area contributed by atoms with Gasteiger partial charge in [0.05, 0.1) is 11.1 Å². The van der Waals surface area contributed by atoms with Gasteiger partial charge in [0.1, 0.15) is 24.1 Å². The Labute approximate surface area is 200 Å². The summed E-state index contributed by atoms with van der Waals surface area (Å²) in [6, 6.07) is 19.0. The first-order chi connectivity index (χ1) is 15.9. The average Bonchev–Trinajstić information content (AvgIpc) is 2.78. The number of benzene rings is 3. The molecule has 5 nitrogen and oxygen atoms in total. The lowest BCUT2D eigenvalue weighted by Gasteiger charge is -2.15. The normalized spacial score (nSPS) is 10.9. The zero-order valence-corrected chi connectivity index (χ0v) is 19.8. The summed E-state index contributed by atoms with van der Waals surface area (Å²) >= 11 is 3.46. The molecule has 0 saturated carbocycles. The maximum atomic E-state index is 13.9. The molecular weight excluding hydrogens is 487 g/mol. The van der Waals surface area contributed by atoms with E-state index in [2.05, 4.69) is 21.2 Å². The van der Waals surface area contributed by atoms with Gasteiger partial charge in [0.25, 0.3) is 5.91 Å². The van der Waals surface area contributed by atoms with E-state index >= 15 is 0 Å². The molecule has 1 amide bonds. The van der Waals surface area contributed by atoms with Crippen molar-refractivity contribution < 1.29 is 18.7 Å². The van der Waals surface area contributed by atoms with Crippen LogP contribution in [0.4, 0.5) is 10.1 Å². The third kappa shape index (κ3) is 6.43. The van der Waals surface area contributed by atoms with E-state index in [-0.39, 0.29) is 18.0 Å². The zero-order valence-electron chi connectivity index (χ0n) is 18.2. The van der Waals surface area contributed by atoms with Crippen LogP contribution in [0.3, 0.4) is 0 Å². The molecule has 0 fully saturated rings. The minimum atomic E-state index is -0.517.